The second-order valence-corrected chi connectivity index (χ2v) is 8.20. The molecular formula is C24H35NO3. The highest BCUT2D eigenvalue weighted by Crippen LogP contribution is 2.30. The number of cyclic esters (lactones) is 1. The summed E-state index contributed by atoms with van der Waals surface area (Å²) in [4.78, 5) is 11.7. The Morgan fingerprint density at radius 1 is 1.14 bits per heavy atom. The van der Waals surface area contributed by atoms with Gasteiger partial charge in [-0.2, -0.15) is 0 Å². The first-order chi connectivity index (χ1) is 13.7. The van der Waals surface area contributed by atoms with Crippen molar-refractivity contribution in [3.05, 3.63) is 40.6 Å². The quantitative estimate of drug-likeness (QED) is 0.562. The Morgan fingerprint density at radius 3 is 2.86 bits per heavy atom. The van der Waals surface area contributed by atoms with E-state index < -0.39 is 0 Å². The van der Waals surface area contributed by atoms with Crippen LogP contribution in [0.15, 0.2) is 24.0 Å². The number of carbonyl (C=O) groups excluding carboxylic acids is 1. The Balaban J connectivity index is 1.56. The molecule has 0 aromatic heterocycles. The van der Waals surface area contributed by atoms with Crippen LogP contribution in [0.2, 0.25) is 0 Å². The van der Waals surface area contributed by atoms with E-state index in [1.54, 1.807) is 0 Å². The number of rotatable bonds is 8. The lowest BCUT2D eigenvalue weighted by Gasteiger charge is -2.25. The summed E-state index contributed by atoms with van der Waals surface area (Å²) in [6.45, 7) is 5.69. The number of ether oxygens (including phenoxy) is 2. The van der Waals surface area contributed by atoms with E-state index in [1.165, 1.54) is 42.4 Å². The molecule has 1 N–H and O–H groups in total. The lowest BCUT2D eigenvalue weighted by molar-refractivity contribution is 0.0928. The molecular weight excluding hydrogens is 350 g/mol. The first-order valence-corrected chi connectivity index (χ1v) is 11.1. The molecule has 0 bridgehead atoms. The number of alkyl carbamates (subject to hydrolysis) is 1. The van der Waals surface area contributed by atoms with Gasteiger partial charge < -0.3 is 14.8 Å². The Kier molecular flexibility index (Phi) is 7.81. The molecule has 1 amide bonds. The highest BCUT2D eigenvalue weighted by molar-refractivity contribution is 5.67. The third-order valence-electron chi connectivity index (χ3n) is 5.85. The molecule has 0 radical (unpaired) electrons. The number of aryl methyl sites for hydroxylation is 1. The van der Waals surface area contributed by atoms with Gasteiger partial charge in [-0.1, -0.05) is 50.8 Å². The molecule has 1 fully saturated rings. The molecule has 1 aromatic carbocycles. The van der Waals surface area contributed by atoms with Crippen LogP contribution in [0.4, 0.5) is 4.79 Å². The minimum absolute atomic E-state index is 0.0231. The van der Waals surface area contributed by atoms with Crippen LogP contribution < -0.4 is 5.32 Å². The number of benzene rings is 1. The molecule has 1 heterocycles. The molecule has 0 saturated carbocycles. The molecule has 1 aliphatic carbocycles. The van der Waals surface area contributed by atoms with E-state index in [0.29, 0.717) is 12.5 Å². The highest BCUT2D eigenvalue weighted by atomic mass is 16.6. The van der Waals surface area contributed by atoms with Crippen molar-refractivity contribution in [2.24, 2.45) is 0 Å². The lowest BCUT2D eigenvalue weighted by atomic mass is 9.87. The Bertz CT molecular complexity index is 682. The Labute approximate surface area is 169 Å². The summed E-state index contributed by atoms with van der Waals surface area (Å²) in [5.74, 6) is 1.48. The third-order valence-corrected chi connectivity index (χ3v) is 5.85. The largest absolute Gasteiger partial charge is 0.498 e. The number of hydrogen-bond donors (Lipinski definition) is 1. The van der Waals surface area contributed by atoms with E-state index in [4.69, 9.17) is 9.47 Å². The molecule has 3 rings (SSSR count). The molecule has 1 aromatic rings. The number of hydrogen-bond acceptors (Lipinski definition) is 3. The average Bonchev–Trinajstić information content (AvgIpc) is 2.69. The van der Waals surface area contributed by atoms with Crippen LogP contribution in [0, 0.1) is 0 Å². The fraction of sp³-hybridized carbons (Fsp3) is 0.625. The van der Waals surface area contributed by atoms with E-state index in [-0.39, 0.29) is 12.2 Å². The molecule has 28 heavy (non-hydrogen) atoms. The monoisotopic (exact) mass is 385 g/mol. The van der Waals surface area contributed by atoms with Crippen LogP contribution in [-0.4, -0.2) is 25.3 Å². The number of allylic oxidation sites excluding steroid dienone is 1. The van der Waals surface area contributed by atoms with E-state index in [9.17, 15) is 4.79 Å². The van der Waals surface area contributed by atoms with Gasteiger partial charge in [0.2, 0.25) is 0 Å². The van der Waals surface area contributed by atoms with Gasteiger partial charge in [0, 0.05) is 18.9 Å². The number of carbonyl (C=O) groups is 1. The summed E-state index contributed by atoms with van der Waals surface area (Å²) in [5, 5.41) is 2.90. The molecule has 2 unspecified atom stereocenters. The first-order valence-electron chi connectivity index (χ1n) is 11.1. The van der Waals surface area contributed by atoms with E-state index in [2.05, 4.69) is 36.5 Å². The summed E-state index contributed by atoms with van der Waals surface area (Å²) in [6, 6.07) is 6.76. The van der Waals surface area contributed by atoms with Gasteiger partial charge in [0.15, 0.2) is 0 Å². The highest BCUT2D eigenvalue weighted by Gasteiger charge is 2.21. The summed E-state index contributed by atoms with van der Waals surface area (Å²) in [7, 11) is 0. The third kappa shape index (κ3) is 6.02. The predicted octanol–water partition coefficient (Wildman–Crippen LogP) is 5.95. The normalized spacial score (nSPS) is 22.2. The number of fused-ring (bicyclic) bond motifs is 1. The number of nitrogens with one attached hydrogen (secondary N) is 1. The van der Waals surface area contributed by atoms with Gasteiger partial charge in [-0.25, -0.2) is 4.79 Å². The van der Waals surface area contributed by atoms with Crippen molar-refractivity contribution in [3.63, 3.8) is 0 Å². The zero-order chi connectivity index (χ0) is 19.8. The molecule has 0 spiro atoms. The molecule has 4 heteroatoms. The lowest BCUT2D eigenvalue weighted by Crippen LogP contribution is -2.34. The van der Waals surface area contributed by atoms with Crippen molar-refractivity contribution in [3.8, 4) is 0 Å². The fourth-order valence-electron chi connectivity index (χ4n) is 4.08. The molecule has 2 atom stereocenters. The van der Waals surface area contributed by atoms with Crippen LogP contribution >= 0.6 is 0 Å². The van der Waals surface area contributed by atoms with Crippen LogP contribution in [0.3, 0.4) is 0 Å². The van der Waals surface area contributed by atoms with Gasteiger partial charge in [-0.15, -0.1) is 0 Å². The second kappa shape index (κ2) is 10.5. The van der Waals surface area contributed by atoms with Crippen LogP contribution in [0.5, 0.6) is 0 Å². The van der Waals surface area contributed by atoms with Crippen molar-refractivity contribution >= 4 is 12.2 Å². The molecule has 154 valence electrons. The first kappa shape index (κ1) is 20.8. The minimum atomic E-state index is -0.297. The van der Waals surface area contributed by atoms with Gasteiger partial charge in [0.1, 0.15) is 6.10 Å². The number of unbranched alkanes of at least 4 members (excludes halogenated alkanes) is 4. The summed E-state index contributed by atoms with van der Waals surface area (Å²) < 4.78 is 11.3. The average molecular weight is 386 g/mol. The SMILES string of the molecule is CCCCCCCOC1=Cc2ccc(C3CCC(C)OC(=O)NC3)cc2CC1. The summed E-state index contributed by atoms with van der Waals surface area (Å²) in [6.07, 6.45) is 12.2. The fourth-order valence-corrected chi connectivity index (χ4v) is 4.08. The van der Waals surface area contributed by atoms with Crippen LogP contribution in [-0.2, 0) is 15.9 Å². The smallest absolute Gasteiger partial charge is 0.407 e. The maximum absolute atomic E-state index is 11.7. The van der Waals surface area contributed by atoms with Crippen molar-refractivity contribution in [1.29, 1.82) is 0 Å². The second-order valence-electron chi connectivity index (χ2n) is 8.20. The zero-order valence-electron chi connectivity index (χ0n) is 17.5. The van der Waals surface area contributed by atoms with Crippen LogP contribution in [0.1, 0.15) is 87.8 Å². The standard InChI is InChI=1S/C24H35NO3/c1-3-4-5-6-7-14-27-23-13-12-19-15-20(10-11-21(19)16-23)22-9-8-18(2)28-24(26)25-17-22/h10-11,15-16,18,22H,3-9,12-14,17H2,1-2H3,(H,25,26). The predicted molar refractivity (Wildman–Crippen MR) is 113 cm³/mol. The van der Waals surface area contributed by atoms with Gasteiger partial charge in [0.05, 0.1) is 12.4 Å². The number of amides is 1. The van der Waals surface area contributed by atoms with Crippen molar-refractivity contribution in [1.82, 2.24) is 5.32 Å². The minimum Gasteiger partial charge on any atom is -0.498 e. The van der Waals surface area contributed by atoms with Gasteiger partial charge in [0.25, 0.3) is 0 Å². The van der Waals surface area contributed by atoms with Crippen molar-refractivity contribution < 1.29 is 14.3 Å². The van der Waals surface area contributed by atoms with Crippen molar-refractivity contribution in [2.45, 2.75) is 83.7 Å². The Morgan fingerprint density at radius 2 is 2.00 bits per heavy atom. The van der Waals surface area contributed by atoms with Gasteiger partial charge >= 0.3 is 6.09 Å². The van der Waals surface area contributed by atoms with E-state index in [1.807, 2.05) is 6.92 Å². The Hall–Kier alpha value is -1.97. The maximum Gasteiger partial charge on any atom is 0.407 e. The zero-order valence-corrected chi connectivity index (χ0v) is 17.5. The molecule has 2 aliphatic rings. The van der Waals surface area contributed by atoms with E-state index in [0.717, 1.165) is 44.5 Å². The summed E-state index contributed by atoms with van der Waals surface area (Å²) in [5.41, 5.74) is 4.00. The summed E-state index contributed by atoms with van der Waals surface area (Å²) >= 11 is 0. The molecule has 1 saturated heterocycles. The van der Waals surface area contributed by atoms with Crippen molar-refractivity contribution in [2.75, 3.05) is 13.2 Å². The topological polar surface area (TPSA) is 47.6 Å². The maximum atomic E-state index is 11.7. The molecule has 4 nitrogen and oxygen atoms in total. The van der Waals surface area contributed by atoms with Gasteiger partial charge in [-0.05, 0) is 55.4 Å². The van der Waals surface area contributed by atoms with Crippen LogP contribution in [0.25, 0.3) is 6.08 Å². The van der Waals surface area contributed by atoms with Gasteiger partial charge in [-0.3, -0.25) is 0 Å². The molecule has 1 aliphatic heterocycles. The van der Waals surface area contributed by atoms with E-state index >= 15 is 0 Å².